The van der Waals surface area contributed by atoms with Crippen LogP contribution in [0.15, 0.2) is 0 Å². The monoisotopic (exact) mass is 267 g/mol. The number of nitrogens with zero attached hydrogens (tertiary/aromatic N) is 1. The van der Waals surface area contributed by atoms with Crippen molar-refractivity contribution in [3.63, 3.8) is 0 Å². The molecule has 1 N–H and O–H groups in total. The maximum atomic E-state index is 11.5. The van der Waals surface area contributed by atoms with E-state index in [1.54, 1.807) is 0 Å². The van der Waals surface area contributed by atoms with Crippen LogP contribution in [0.2, 0.25) is 0 Å². The first kappa shape index (κ1) is 14.8. The molecular formula is C16H29NO2. The molecule has 0 radical (unpaired) electrons. The highest BCUT2D eigenvalue weighted by Gasteiger charge is 2.39. The van der Waals surface area contributed by atoms with Crippen molar-refractivity contribution in [2.45, 2.75) is 58.9 Å². The van der Waals surface area contributed by atoms with Crippen LogP contribution < -0.4 is 0 Å². The van der Waals surface area contributed by atoms with E-state index in [2.05, 4.69) is 25.7 Å². The fourth-order valence-corrected chi connectivity index (χ4v) is 4.28. The lowest BCUT2D eigenvalue weighted by atomic mass is 9.75. The van der Waals surface area contributed by atoms with E-state index in [0.29, 0.717) is 11.8 Å². The molecule has 2 fully saturated rings. The molecule has 2 rings (SSSR count). The largest absolute Gasteiger partial charge is 0.481 e. The Balaban J connectivity index is 2.09. The van der Waals surface area contributed by atoms with Gasteiger partial charge in [-0.25, -0.2) is 0 Å². The standard InChI is InChI=1S/C16H29NO2/c1-4-13-5-6-14(16(18)19)15(8-13)17-9-11(2)7-12(3)10-17/h11-15H,4-10H2,1-3H3,(H,18,19). The topological polar surface area (TPSA) is 40.5 Å². The summed E-state index contributed by atoms with van der Waals surface area (Å²) >= 11 is 0. The third kappa shape index (κ3) is 3.50. The molecule has 2 aliphatic rings. The van der Waals surface area contributed by atoms with Crippen LogP contribution in [-0.4, -0.2) is 35.1 Å². The second-order valence-electron chi connectivity index (χ2n) is 7.00. The van der Waals surface area contributed by atoms with Crippen molar-refractivity contribution in [1.29, 1.82) is 0 Å². The van der Waals surface area contributed by atoms with Crippen molar-refractivity contribution >= 4 is 5.97 Å². The molecule has 0 spiro atoms. The van der Waals surface area contributed by atoms with Crippen molar-refractivity contribution in [2.75, 3.05) is 13.1 Å². The predicted molar refractivity (Wildman–Crippen MR) is 77.1 cm³/mol. The second-order valence-corrected chi connectivity index (χ2v) is 7.00. The highest BCUT2D eigenvalue weighted by Crippen LogP contribution is 2.36. The number of carboxylic acids is 1. The Morgan fingerprint density at radius 2 is 1.79 bits per heavy atom. The molecule has 1 heterocycles. The third-order valence-electron chi connectivity index (χ3n) is 5.19. The molecule has 3 nitrogen and oxygen atoms in total. The maximum Gasteiger partial charge on any atom is 0.308 e. The summed E-state index contributed by atoms with van der Waals surface area (Å²) in [5.74, 6) is 1.43. The summed E-state index contributed by atoms with van der Waals surface area (Å²) in [6.45, 7) is 9.03. The van der Waals surface area contributed by atoms with Gasteiger partial charge in [0.05, 0.1) is 5.92 Å². The Morgan fingerprint density at radius 3 is 2.32 bits per heavy atom. The van der Waals surface area contributed by atoms with Crippen LogP contribution in [0.3, 0.4) is 0 Å². The van der Waals surface area contributed by atoms with Crippen LogP contribution >= 0.6 is 0 Å². The predicted octanol–water partition coefficient (Wildman–Crippen LogP) is 3.24. The molecule has 1 aliphatic carbocycles. The number of carbonyl (C=O) groups is 1. The van der Waals surface area contributed by atoms with Gasteiger partial charge in [0.15, 0.2) is 0 Å². The number of hydrogen-bond acceptors (Lipinski definition) is 2. The molecule has 0 aromatic heterocycles. The Morgan fingerprint density at radius 1 is 1.16 bits per heavy atom. The van der Waals surface area contributed by atoms with Gasteiger partial charge < -0.3 is 5.11 Å². The lowest BCUT2D eigenvalue weighted by Gasteiger charge is -2.45. The molecule has 0 aromatic rings. The Kier molecular flexibility index (Phi) is 4.88. The first-order valence-electron chi connectivity index (χ1n) is 7.98. The van der Waals surface area contributed by atoms with Gasteiger partial charge in [-0.15, -0.1) is 0 Å². The van der Waals surface area contributed by atoms with Gasteiger partial charge in [-0.1, -0.05) is 27.2 Å². The summed E-state index contributed by atoms with van der Waals surface area (Å²) < 4.78 is 0. The summed E-state index contributed by atoms with van der Waals surface area (Å²) in [6, 6.07) is 0.279. The number of rotatable bonds is 3. The molecule has 110 valence electrons. The van der Waals surface area contributed by atoms with Crippen LogP contribution in [-0.2, 0) is 4.79 Å². The van der Waals surface area contributed by atoms with Gasteiger partial charge in [-0.05, 0) is 43.4 Å². The zero-order valence-corrected chi connectivity index (χ0v) is 12.6. The van der Waals surface area contributed by atoms with Gasteiger partial charge in [0, 0.05) is 19.1 Å². The summed E-state index contributed by atoms with van der Waals surface area (Å²) in [7, 11) is 0. The molecule has 5 unspecified atom stereocenters. The SMILES string of the molecule is CCC1CCC(C(=O)O)C(N2CC(C)CC(C)C2)C1. The molecule has 1 saturated carbocycles. The number of aliphatic carboxylic acids is 1. The molecule has 5 atom stereocenters. The normalized spacial score (nSPS) is 41.1. The Bertz CT molecular complexity index is 308. The van der Waals surface area contributed by atoms with Gasteiger partial charge in [0.1, 0.15) is 0 Å². The summed E-state index contributed by atoms with van der Waals surface area (Å²) in [4.78, 5) is 14.0. The highest BCUT2D eigenvalue weighted by atomic mass is 16.4. The van der Waals surface area contributed by atoms with E-state index >= 15 is 0 Å². The molecule has 0 amide bonds. The van der Waals surface area contributed by atoms with E-state index in [-0.39, 0.29) is 12.0 Å². The second kappa shape index (κ2) is 6.25. The number of carboxylic acid groups (broad SMARTS) is 1. The van der Waals surface area contributed by atoms with Crippen LogP contribution in [0.1, 0.15) is 52.9 Å². The van der Waals surface area contributed by atoms with Crippen molar-refractivity contribution in [1.82, 2.24) is 4.90 Å². The summed E-state index contributed by atoms with van der Waals surface area (Å²) in [6.07, 6.45) is 5.55. The fourth-order valence-electron chi connectivity index (χ4n) is 4.28. The summed E-state index contributed by atoms with van der Waals surface area (Å²) in [5, 5.41) is 9.50. The average molecular weight is 267 g/mol. The van der Waals surface area contributed by atoms with Crippen LogP contribution in [0.4, 0.5) is 0 Å². The number of piperidine rings is 1. The van der Waals surface area contributed by atoms with E-state index in [4.69, 9.17) is 0 Å². The lowest BCUT2D eigenvalue weighted by Crippen LogP contribution is -2.52. The van der Waals surface area contributed by atoms with Crippen molar-refractivity contribution in [2.24, 2.45) is 23.7 Å². The molecule has 0 bridgehead atoms. The Hall–Kier alpha value is -0.570. The van der Waals surface area contributed by atoms with E-state index < -0.39 is 5.97 Å². The van der Waals surface area contributed by atoms with Gasteiger partial charge in [-0.2, -0.15) is 0 Å². The van der Waals surface area contributed by atoms with Gasteiger partial charge >= 0.3 is 5.97 Å². The first-order valence-corrected chi connectivity index (χ1v) is 7.98. The van der Waals surface area contributed by atoms with Crippen molar-refractivity contribution in [3.05, 3.63) is 0 Å². The zero-order valence-electron chi connectivity index (χ0n) is 12.6. The molecule has 1 saturated heterocycles. The lowest BCUT2D eigenvalue weighted by molar-refractivity contribution is -0.147. The highest BCUT2D eigenvalue weighted by molar-refractivity contribution is 5.71. The first-order chi connectivity index (χ1) is 9.01. The van der Waals surface area contributed by atoms with Crippen molar-refractivity contribution in [3.8, 4) is 0 Å². The molecular weight excluding hydrogens is 238 g/mol. The van der Waals surface area contributed by atoms with Gasteiger partial charge in [0.25, 0.3) is 0 Å². The van der Waals surface area contributed by atoms with E-state index in [1.165, 1.54) is 12.8 Å². The van der Waals surface area contributed by atoms with Crippen LogP contribution in [0.5, 0.6) is 0 Å². The van der Waals surface area contributed by atoms with Crippen molar-refractivity contribution < 1.29 is 9.90 Å². The minimum absolute atomic E-state index is 0.139. The minimum Gasteiger partial charge on any atom is -0.481 e. The van der Waals surface area contributed by atoms with Crippen LogP contribution in [0.25, 0.3) is 0 Å². The third-order valence-corrected chi connectivity index (χ3v) is 5.19. The molecule has 1 aliphatic heterocycles. The number of hydrogen-bond donors (Lipinski definition) is 1. The molecule has 3 heteroatoms. The van der Waals surface area contributed by atoms with E-state index in [9.17, 15) is 9.90 Å². The quantitative estimate of drug-likeness (QED) is 0.853. The van der Waals surface area contributed by atoms with Crippen LogP contribution in [0, 0.1) is 23.7 Å². The Labute approximate surface area is 117 Å². The van der Waals surface area contributed by atoms with E-state index in [1.807, 2.05) is 0 Å². The number of likely N-dealkylation sites (tertiary alicyclic amines) is 1. The average Bonchev–Trinajstić information content (AvgIpc) is 2.36. The zero-order chi connectivity index (χ0) is 14.0. The minimum atomic E-state index is -0.578. The smallest absolute Gasteiger partial charge is 0.308 e. The molecule has 19 heavy (non-hydrogen) atoms. The summed E-state index contributed by atoms with van der Waals surface area (Å²) in [5.41, 5.74) is 0. The maximum absolute atomic E-state index is 11.5. The van der Waals surface area contributed by atoms with Gasteiger partial charge in [-0.3, -0.25) is 9.69 Å². The van der Waals surface area contributed by atoms with E-state index in [0.717, 1.165) is 38.3 Å². The van der Waals surface area contributed by atoms with Gasteiger partial charge in [0.2, 0.25) is 0 Å². The fraction of sp³-hybridized carbons (Fsp3) is 0.938. The molecule has 0 aromatic carbocycles.